The molecule has 2 aliphatic heterocycles. The molecule has 0 spiro atoms. The van der Waals surface area contributed by atoms with Crippen molar-refractivity contribution < 1.29 is 64.6 Å². The van der Waals surface area contributed by atoms with Crippen LogP contribution in [0.2, 0.25) is 0 Å². The number of aliphatic hydroxyl groups is 8. The van der Waals surface area contributed by atoms with E-state index >= 15 is 0 Å². The highest BCUT2D eigenvalue weighted by molar-refractivity contribution is 5.76. The van der Waals surface area contributed by atoms with E-state index in [9.17, 15) is 45.6 Å². The van der Waals surface area contributed by atoms with Crippen LogP contribution in [0.15, 0.2) is 170 Å². The Morgan fingerprint density at radius 3 is 1.30 bits per heavy atom. The van der Waals surface area contributed by atoms with Gasteiger partial charge in [0.25, 0.3) is 0 Å². The Morgan fingerprint density at radius 2 is 0.843 bits per heavy atom. The number of hydrogen-bond donors (Lipinski definition) is 9. The summed E-state index contributed by atoms with van der Waals surface area (Å²) in [6, 6.07) is -0.966. The fourth-order valence-electron chi connectivity index (χ4n) is 8.70. The third-order valence-corrected chi connectivity index (χ3v) is 13.6. The normalized spacial score (nSPS) is 25.0. The van der Waals surface area contributed by atoms with Gasteiger partial charge >= 0.3 is 0 Å². The SMILES string of the molecule is CC/C=C\C/C=C\C/C=C\C/C=C\C/C=C\C/C=C\C/C=C\C/C=C\C/C=C\C/C=C\C/C=C\C/C=C\CCCCC(=O)NC(COC1OC(CO)C(OC2OC(CO)C(O)C(O)C2O)C(O)C1O)C(O)/C=C/CC/C=C/CCCCCC. The standard InChI is InChI=1S/C69H107NO13/c1-3-5-7-9-11-13-15-16-17-18-19-20-21-22-23-24-25-26-27-28-29-30-31-32-33-34-35-36-37-38-39-40-41-42-43-45-47-49-51-53-61(74)70-57(58(73)52-50-48-46-44-14-12-10-8-6-4-2)56-80-68-66(79)64(77)67(60(55-72)82-68)83-69-65(78)63(76)62(75)59(54-71)81-69/h5,7,11,13-14,16-17,19-20,22-23,25-26,28-29,31-32,34-35,37-38,40-41,43-45,50,52,57-60,62-69,71-73,75-79H,3-4,6,8-10,12,15,18,21,24,27,30,33,36,39,42,46-49,51,53-56H2,1-2H3,(H,70,74)/b7-5-,13-11-,17-16-,20-19-,23-22-,26-25-,29-28-,32-31-,35-34-,38-37-,41-40-,44-14+,45-43-,52-50+. The van der Waals surface area contributed by atoms with E-state index in [1.807, 2.05) is 6.08 Å². The van der Waals surface area contributed by atoms with Gasteiger partial charge in [-0.25, -0.2) is 0 Å². The molecule has 2 heterocycles. The topological polar surface area (TPSA) is 228 Å². The van der Waals surface area contributed by atoms with Gasteiger partial charge in [0.15, 0.2) is 12.6 Å². The van der Waals surface area contributed by atoms with Crippen molar-refractivity contribution in [3.8, 4) is 0 Å². The molecule has 1 amide bonds. The summed E-state index contributed by atoms with van der Waals surface area (Å²) < 4.78 is 22.7. The van der Waals surface area contributed by atoms with Crippen LogP contribution in [0.1, 0.15) is 162 Å². The molecule has 0 aromatic heterocycles. The Bertz CT molecular complexity index is 2040. The molecule has 12 atom stereocenters. The van der Waals surface area contributed by atoms with Crippen LogP contribution < -0.4 is 5.32 Å². The quantitative estimate of drug-likeness (QED) is 0.0204. The first-order chi connectivity index (χ1) is 40.6. The number of rotatable bonds is 46. The molecule has 0 aromatic rings. The van der Waals surface area contributed by atoms with Gasteiger partial charge < -0.3 is 65.1 Å². The maximum Gasteiger partial charge on any atom is 0.220 e. The van der Waals surface area contributed by atoms with E-state index in [1.54, 1.807) is 6.08 Å². The average Bonchev–Trinajstić information content (AvgIpc) is 3.47. The van der Waals surface area contributed by atoms with Crippen LogP contribution >= 0.6 is 0 Å². The minimum Gasteiger partial charge on any atom is -0.394 e. The summed E-state index contributed by atoms with van der Waals surface area (Å²) >= 11 is 0. The maximum atomic E-state index is 13.2. The van der Waals surface area contributed by atoms with Crippen LogP contribution in [0.4, 0.5) is 0 Å². The van der Waals surface area contributed by atoms with E-state index < -0.39 is 86.8 Å². The van der Waals surface area contributed by atoms with E-state index in [1.165, 1.54) is 19.3 Å². The number of nitrogens with one attached hydrogen (secondary N) is 1. The number of unbranched alkanes of at least 4 members (excludes halogenated alkanes) is 7. The lowest BCUT2D eigenvalue weighted by molar-refractivity contribution is -0.359. The summed E-state index contributed by atoms with van der Waals surface area (Å²) in [6.07, 6.45) is 64.3. The zero-order valence-corrected chi connectivity index (χ0v) is 50.1. The summed E-state index contributed by atoms with van der Waals surface area (Å²) in [7, 11) is 0. The number of allylic oxidation sites excluding steroid dienone is 27. The minimum atomic E-state index is -1.80. The molecule has 2 saturated heterocycles. The second kappa shape index (κ2) is 51.7. The lowest BCUT2D eigenvalue weighted by atomic mass is 9.97. The van der Waals surface area contributed by atoms with Crippen molar-refractivity contribution in [3.63, 3.8) is 0 Å². The number of carbonyl (C=O) groups is 1. The van der Waals surface area contributed by atoms with Gasteiger partial charge in [-0.1, -0.05) is 203 Å². The molecule has 9 N–H and O–H groups in total. The highest BCUT2D eigenvalue weighted by atomic mass is 16.7. The summed E-state index contributed by atoms with van der Waals surface area (Å²) in [5.74, 6) is -0.303. The fourth-order valence-corrected chi connectivity index (χ4v) is 8.70. The zero-order chi connectivity index (χ0) is 60.2. The molecule has 14 heteroatoms. The largest absolute Gasteiger partial charge is 0.394 e. The van der Waals surface area contributed by atoms with Gasteiger partial charge in [-0.3, -0.25) is 4.79 Å². The van der Waals surface area contributed by atoms with Crippen LogP contribution in [0, 0.1) is 0 Å². The van der Waals surface area contributed by atoms with Gasteiger partial charge in [0.1, 0.15) is 48.8 Å². The summed E-state index contributed by atoms with van der Waals surface area (Å²) in [4.78, 5) is 13.2. The minimum absolute atomic E-state index is 0.206. The van der Waals surface area contributed by atoms with Gasteiger partial charge in [-0.15, -0.1) is 0 Å². The van der Waals surface area contributed by atoms with E-state index in [0.717, 1.165) is 109 Å². The monoisotopic (exact) mass is 1160 g/mol. The molecule has 0 radical (unpaired) electrons. The van der Waals surface area contributed by atoms with E-state index in [2.05, 4.69) is 177 Å². The maximum absolute atomic E-state index is 13.2. The summed E-state index contributed by atoms with van der Waals surface area (Å²) in [5, 5.41) is 86.8. The van der Waals surface area contributed by atoms with Gasteiger partial charge in [-0.2, -0.15) is 0 Å². The van der Waals surface area contributed by atoms with Crippen LogP contribution in [-0.4, -0.2) is 140 Å². The molecule has 0 aromatic carbocycles. The van der Waals surface area contributed by atoms with Crippen LogP contribution in [-0.2, 0) is 23.7 Å². The third-order valence-electron chi connectivity index (χ3n) is 13.6. The summed E-state index contributed by atoms with van der Waals surface area (Å²) in [5.41, 5.74) is 0. The zero-order valence-electron chi connectivity index (χ0n) is 50.1. The Labute approximate surface area is 498 Å². The average molecular weight is 1160 g/mol. The molecule has 14 nitrogen and oxygen atoms in total. The van der Waals surface area contributed by atoms with E-state index in [4.69, 9.17) is 18.9 Å². The molecule has 2 aliphatic rings. The molecule has 0 aliphatic carbocycles. The van der Waals surface area contributed by atoms with Crippen molar-refractivity contribution in [2.45, 2.75) is 235 Å². The van der Waals surface area contributed by atoms with Crippen LogP contribution in [0.3, 0.4) is 0 Å². The lowest BCUT2D eigenvalue weighted by Gasteiger charge is -2.46. The van der Waals surface area contributed by atoms with E-state index in [-0.39, 0.29) is 18.9 Å². The number of aliphatic hydroxyl groups excluding tert-OH is 8. The van der Waals surface area contributed by atoms with Crippen LogP contribution in [0.25, 0.3) is 0 Å². The van der Waals surface area contributed by atoms with Crippen molar-refractivity contribution >= 4 is 5.91 Å². The van der Waals surface area contributed by atoms with Gasteiger partial charge in [0, 0.05) is 6.42 Å². The summed E-state index contributed by atoms with van der Waals surface area (Å²) in [6.45, 7) is 2.55. The van der Waals surface area contributed by atoms with Crippen molar-refractivity contribution in [1.29, 1.82) is 0 Å². The first-order valence-electron chi connectivity index (χ1n) is 30.9. The molecule has 0 saturated carbocycles. The molecule has 83 heavy (non-hydrogen) atoms. The number of hydrogen-bond acceptors (Lipinski definition) is 13. The Hall–Kier alpha value is -4.65. The number of carbonyl (C=O) groups excluding carboxylic acids is 1. The Kier molecular flexibility index (Phi) is 46.4. The van der Waals surface area contributed by atoms with Crippen molar-refractivity contribution in [2.75, 3.05) is 19.8 Å². The molecule has 2 rings (SSSR count). The second-order valence-electron chi connectivity index (χ2n) is 20.7. The molecule has 12 unspecified atom stereocenters. The highest BCUT2D eigenvalue weighted by Gasteiger charge is 2.51. The predicted octanol–water partition coefficient (Wildman–Crippen LogP) is 11.3. The highest BCUT2D eigenvalue weighted by Crippen LogP contribution is 2.30. The van der Waals surface area contributed by atoms with Gasteiger partial charge in [0.2, 0.25) is 5.91 Å². The molecule has 466 valence electrons. The predicted molar refractivity (Wildman–Crippen MR) is 336 cm³/mol. The van der Waals surface area contributed by atoms with Gasteiger partial charge in [-0.05, 0) is 122 Å². The smallest absolute Gasteiger partial charge is 0.220 e. The van der Waals surface area contributed by atoms with Gasteiger partial charge in [0.05, 0.1) is 32.0 Å². The first kappa shape index (κ1) is 74.5. The third kappa shape index (κ3) is 36.7. The van der Waals surface area contributed by atoms with Crippen molar-refractivity contribution in [1.82, 2.24) is 5.32 Å². The molecular weight excluding hydrogens is 1050 g/mol. The number of amides is 1. The van der Waals surface area contributed by atoms with Crippen molar-refractivity contribution in [2.24, 2.45) is 0 Å². The van der Waals surface area contributed by atoms with Crippen molar-refractivity contribution in [3.05, 3.63) is 170 Å². The fraction of sp³-hybridized carbons (Fsp3) is 0.580. The first-order valence-corrected chi connectivity index (χ1v) is 30.9. The van der Waals surface area contributed by atoms with Crippen LogP contribution in [0.5, 0.6) is 0 Å². The Balaban J connectivity index is 1.67. The number of ether oxygens (including phenoxy) is 4. The second-order valence-corrected chi connectivity index (χ2v) is 20.7. The Morgan fingerprint density at radius 1 is 0.446 bits per heavy atom. The van der Waals surface area contributed by atoms with E-state index in [0.29, 0.717) is 12.8 Å². The molecule has 2 fully saturated rings. The molecular formula is C69H107NO13. The molecule has 0 bridgehead atoms. The lowest BCUT2D eigenvalue weighted by Crippen LogP contribution is -2.65.